The van der Waals surface area contributed by atoms with Crippen LogP contribution in [0.2, 0.25) is 0 Å². The van der Waals surface area contributed by atoms with Gasteiger partial charge >= 0.3 is 5.97 Å². The number of nitrogens with zero attached hydrogens (tertiary/aromatic N) is 5. The molecule has 4 aromatic rings. The number of benzene rings is 1. The number of carboxylic acids is 1. The summed E-state index contributed by atoms with van der Waals surface area (Å²) in [6.45, 7) is 15.1. The van der Waals surface area contributed by atoms with E-state index in [1.165, 1.54) is 6.07 Å². The smallest absolute Gasteiger partial charge is 0.337 e. The topological polar surface area (TPSA) is 102 Å². The Kier molecular flexibility index (Phi) is 9.97. The molecule has 0 saturated carbocycles. The first-order valence-electron chi connectivity index (χ1n) is 17.2. The van der Waals surface area contributed by atoms with Gasteiger partial charge in [0.1, 0.15) is 11.5 Å². The molecule has 2 aliphatic rings. The number of aromatic nitrogens is 3. The summed E-state index contributed by atoms with van der Waals surface area (Å²) in [5.41, 5.74) is 5.59. The number of carbonyl (C=O) groups is 1. The van der Waals surface area contributed by atoms with Crippen molar-refractivity contribution in [1.82, 2.24) is 19.4 Å². The average molecular weight is 674 g/mol. The number of methoxy groups -OCH3 is 1. The van der Waals surface area contributed by atoms with Gasteiger partial charge in [0, 0.05) is 79.9 Å². The Morgan fingerprint density at radius 1 is 1.12 bits per heavy atom. The molecule has 3 aromatic heterocycles. The number of carboxylic acid groups (broad SMARTS) is 1. The number of fused-ring (bicyclic) bond motifs is 2. The van der Waals surface area contributed by atoms with Crippen molar-refractivity contribution in [3.8, 4) is 28.1 Å². The van der Waals surface area contributed by atoms with E-state index in [1.807, 2.05) is 57.6 Å². The fraction of sp³-hybridized carbons (Fsp3) is 0.500. The highest BCUT2D eigenvalue weighted by Crippen LogP contribution is 2.45. The van der Waals surface area contributed by atoms with Crippen molar-refractivity contribution in [2.45, 2.75) is 65.6 Å². The van der Waals surface area contributed by atoms with Crippen LogP contribution >= 0.6 is 0 Å². The number of hydrogen-bond acceptors (Lipinski definition) is 8. The molecule has 1 N–H and O–H groups in total. The summed E-state index contributed by atoms with van der Waals surface area (Å²) in [6.07, 6.45) is 2.99. The number of anilines is 1. The van der Waals surface area contributed by atoms with Crippen molar-refractivity contribution in [3.05, 3.63) is 58.7 Å². The zero-order chi connectivity index (χ0) is 35.0. The number of ether oxygens (including phenoxy) is 3. The molecule has 0 aliphatic carbocycles. The van der Waals surface area contributed by atoms with Gasteiger partial charge in [-0.15, -0.1) is 0 Å². The Morgan fingerprint density at radius 3 is 2.65 bits per heavy atom. The summed E-state index contributed by atoms with van der Waals surface area (Å²) in [4.78, 5) is 27.4. The molecular formula is C38H48FN5O5. The summed E-state index contributed by atoms with van der Waals surface area (Å²) < 4.78 is 35.1. The van der Waals surface area contributed by atoms with Crippen LogP contribution in [-0.4, -0.2) is 89.2 Å². The average Bonchev–Trinajstić information content (AvgIpc) is 3.22. The number of halogens is 1. The second-order valence-corrected chi connectivity index (χ2v) is 14.1. The van der Waals surface area contributed by atoms with Gasteiger partial charge < -0.3 is 28.8 Å². The Hall–Kier alpha value is -4.06. The van der Waals surface area contributed by atoms with Gasteiger partial charge in [-0.2, -0.15) is 0 Å². The highest BCUT2D eigenvalue weighted by molar-refractivity contribution is 6.01. The van der Waals surface area contributed by atoms with E-state index in [-0.39, 0.29) is 5.75 Å². The largest absolute Gasteiger partial charge is 0.490 e. The number of pyridine rings is 2. The van der Waals surface area contributed by atoms with Gasteiger partial charge in [-0.25, -0.2) is 19.2 Å². The van der Waals surface area contributed by atoms with E-state index < -0.39 is 23.5 Å². The van der Waals surface area contributed by atoms with Gasteiger partial charge in [0.05, 0.1) is 24.5 Å². The number of aliphatic carboxylic acids is 1. The SMILES string of the molecule is COCCN1CCCN(c2cc(-c3cc4c(-c5cc(F)c6c(c5C)CCCO6)c([C@H](OC(C)(C)C)C(=O)O)c(C)nc4n3C)ccn2)CC1. The van der Waals surface area contributed by atoms with E-state index in [2.05, 4.69) is 15.9 Å². The number of aryl methyl sites for hydroxylation is 2. The monoisotopic (exact) mass is 673 g/mol. The van der Waals surface area contributed by atoms with Crippen molar-refractivity contribution in [2.24, 2.45) is 7.05 Å². The molecule has 0 bridgehead atoms. The van der Waals surface area contributed by atoms with E-state index in [0.717, 1.165) is 79.2 Å². The molecular weight excluding hydrogens is 625 g/mol. The van der Waals surface area contributed by atoms with E-state index in [0.29, 0.717) is 47.7 Å². The standard InChI is InChI=1S/C38H48FN5O5/c1-23-26-10-8-18-48-34(26)29(39)21-27(23)33-28-22-30(42(6)36(28)41-24(2)32(33)35(37(45)46)49-38(3,4)5)25-11-12-40-31(20-25)44-14-9-13-43(15-16-44)17-19-47-7/h11-12,20-22,35H,8-10,13-19H2,1-7H3,(H,45,46)/t35-/m0/s1. The van der Waals surface area contributed by atoms with E-state index in [1.54, 1.807) is 14.0 Å². The van der Waals surface area contributed by atoms with Gasteiger partial charge in [0.15, 0.2) is 17.7 Å². The molecule has 0 amide bonds. The highest BCUT2D eigenvalue weighted by atomic mass is 19.1. The minimum Gasteiger partial charge on any atom is -0.490 e. The van der Waals surface area contributed by atoms with Gasteiger partial charge in [-0.1, -0.05) is 0 Å². The zero-order valence-electron chi connectivity index (χ0n) is 29.7. The zero-order valence-corrected chi connectivity index (χ0v) is 29.7. The number of hydrogen-bond donors (Lipinski definition) is 1. The van der Waals surface area contributed by atoms with Crippen LogP contribution in [0.15, 0.2) is 30.5 Å². The van der Waals surface area contributed by atoms with Crippen LogP contribution in [0.3, 0.4) is 0 Å². The predicted molar refractivity (Wildman–Crippen MR) is 189 cm³/mol. The molecule has 0 radical (unpaired) electrons. The van der Waals surface area contributed by atoms with Crippen LogP contribution in [0.25, 0.3) is 33.4 Å². The molecule has 10 nitrogen and oxygen atoms in total. The van der Waals surface area contributed by atoms with E-state index >= 15 is 4.39 Å². The lowest BCUT2D eigenvalue weighted by molar-refractivity contribution is -0.160. The Bertz CT molecular complexity index is 1870. The molecule has 5 heterocycles. The minimum absolute atomic E-state index is 0.283. The van der Waals surface area contributed by atoms with Crippen molar-refractivity contribution < 1.29 is 28.5 Å². The summed E-state index contributed by atoms with van der Waals surface area (Å²) >= 11 is 0. The Morgan fingerprint density at radius 2 is 1.92 bits per heavy atom. The second-order valence-electron chi connectivity index (χ2n) is 14.1. The summed E-state index contributed by atoms with van der Waals surface area (Å²) in [5, 5.41) is 11.3. The molecule has 1 saturated heterocycles. The summed E-state index contributed by atoms with van der Waals surface area (Å²) in [6, 6.07) is 7.62. The highest BCUT2D eigenvalue weighted by Gasteiger charge is 2.34. The lowest BCUT2D eigenvalue weighted by Gasteiger charge is -2.29. The minimum atomic E-state index is -1.33. The Balaban J connectivity index is 1.53. The first-order valence-corrected chi connectivity index (χ1v) is 17.2. The van der Waals surface area contributed by atoms with Crippen molar-refractivity contribution in [3.63, 3.8) is 0 Å². The quantitative estimate of drug-likeness (QED) is 0.214. The van der Waals surface area contributed by atoms with Crippen LogP contribution in [0.4, 0.5) is 10.2 Å². The van der Waals surface area contributed by atoms with Crippen molar-refractivity contribution in [1.29, 1.82) is 0 Å². The van der Waals surface area contributed by atoms with Crippen LogP contribution in [-0.2, 0) is 27.7 Å². The maximum absolute atomic E-state index is 15.8. The Labute approximate surface area is 287 Å². The van der Waals surface area contributed by atoms with Crippen LogP contribution in [0.5, 0.6) is 5.75 Å². The van der Waals surface area contributed by atoms with Crippen LogP contribution in [0, 0.1) is 19.7 Å². The molecule has 1 atom stereocenters. The summed E-state index contributed by atoms with van der Waals surface area (Å²) in [5.74, 6) is -0.405. The molecule has 49 heavy (non-hydrogen) atoms. The molecule has 2 aliphatic heterocycles. The fourth-order valence-corrected chi connectivity index (χ4v) is 7.24. The molecule has 1 aromatic carbocycles. The van der Waals surface area contributed by atoms with E-state index in [4.69, 9.17) is 24.2 Å². The van der Waals surface area contributed by atoms with Crippen LogP contribution in [0.1, 0.15) is 62.1 Å². The lowest BCUT2D eigenvalue weighted by atomic mass is 9.86. The van der Waals surface area contributed by atoms with Gasteiger partial charge in [-0.3, -0.25) is 4.90 Å². The molecule has 1 fully saturated rings. The van der Waals surface area contributed by atoms with Gasteiger partial charge in [-0.05, 0) is 95.8 Å². The first kappa shape index (κ1) is 34.8. The molecule has 6 rings (SSSR count). The van der Waals surface area contributed by atoms with E-state index in [9.17, 15) is 9.90 Å². The summed E-state index contributed by atoms with van der Waals surface area (Å²) in [7, 11) is 3.69. The van der Waals surface area contributed by atoms with Crippen molar-refractivity contribution >= 4 is 22.8 Å². The van der Waals surface area contributed by atoms with Crippen LogP contribution < -0.4 is 9.64 Å². The normalized spacial score (nSPS) is 16.4. The lowest BCUT2D eigenvalue weighted by Crippen LogP contribution is -2.33. The molecule has 262 valence electrons. The van der Waals surface area contributed by atoms with Crippen molar-refractivity contribution in [2.75, 3.05) is 57.9 Å². The third-order valence-corrected chi connectivity index (χ3v) is 9.63. The fourth-order valence-electron chi connectivity index (χ4n) is 7.24. The van der Waals surface area contributed by atoms with Gasteiger partial charge in [0.2, 0.25) is 0 Å². The number of rotatable bonds is 9. The third-order valence-electron chi connectivity index (χ3n) is 9.63. The third kappa shape index (κ3) is 7.02. The molecule has 0 spiro atoms. The second kappa shape index (κ2) is 14.0. The molecule has 0 unspecified atom stereocenters. The first-order chi connectivity index (χ1) is 23.4. The molecule has 11 heteroatoms. The maximum Gasteiger partial charge on any atom is 0.337 e. The predicted octanol–water partition coefficient (Wildman–Crippen LogP) is 6.48. The van der Waals surface area contributed by atoms with Gasteiger partial charge in [0.25, 0.3) is 0 Å². The maximum atomic E-state index is 15.8.